The monoisotopic (exact) mass is 257 g/mol. The van der Waals surface area contributed by atoms with Crippen LogP contribution in [0.3, 0.4) is 0 Å². The number of hydrogen-bond acceptors (Lipinski definition) is 1. The van der Waals surface area contributed by atoms with E-state index >= 15 is 0 Å². The van der Waals surface area contributed by atoms with Crippen LogP contribution in [-0.2, 0) is 11.2 Å². The van der Waals surface area contributed by atoms with Crippen LogP contribution in [0, 0.1) is 0 Å². The largest absolute Gasteiger partial charge is 0.340 e. The molecule has 1 heterocycles. The zero-order valence-corrected chi connectivity index (χ0v) is 12.1. The normalized spacial score (nSPS) is 20.5. The van der Waals surface area contributed by atoms with Crippen LogP contribution in [-0.4, -0.2) is 23.4 Å². The van der Waals surface area contributed by atoms with Crippen LogP contribution in [0.5, 0.6) is 0 Å². The molecule has 0 radical (unpaired) electrons. The van der Waals surface area contributed by atoms with E-state index in [1.165, 1.54) is 29.5 Å². The van der Waals surface area contributed by atoms with Crippen molar-refractivity contribution >= 4 is 11.5 Å². The number of likely N-dealkylation sites (tertiary alicyclic amines) is 1. The maximum absolute atomic E-state index is 10.8. The van der Waals surface area contributed by atoms with E-state index in [0.29, 0.717) is 6.04 Å². The minimum absolute atomic E-state index is 0.222. The summed E-state index contributed by atoms with van der Waals surface area (Å²) >= 11 is 0. The lowest BCUT2D eigenvalue weighted by Gasteiger charge is -2.18. The Bertz CT molecular complexity index is 490. The van der Waals surface area contributed by atoms with Crippen molar-refractivity contribution in [2.75, 3.05) is 6.54 Å². The number of nitrogens with zero attached hydrogens (tertiary/aromatic N) is 1. The first-order chi connectivity index (χ1) is 9.09. The standard InChI is InChI=1S/C10H10.C7H13NO/c1-8-6-7-9-4-2-3-5-10(8)9;1-6-4-3-5-8(6)7(2)9/h2-6H,7H2,1H3;6H,3-5H2,1-2H3/t;6-/m.1/s1. The molecule has 1 fully saturated rings. The number of hydrogen-bond donors (Lipinski definition) is 0. The van der Waals surface area contributed by atoms with Crippen LogP contribution in [0.25, 0.3) is 5.57 Å². The van der Waals surface area contributed by atoms with E-state index in [0.717, 1.165) is 13.0 Å². The Kier molecular flexibility index (Phi) is 4.41. The molecule has 0 bridgehead atoms. The minimum atomic E-state index is 0.222. The van der Waals surface area contributed by atoms with Gasteiger partial charge in [0.2, 0.25) is 5.91 Å². The van der Waals surface area contributed by atoms with Crippen LogP contribution in [0.4, 0.5) is 0 Å². The molecule has 19 heavy (non-hydrogen) atoms. The Morgan fingerprint density at radius 2 is 2.05 bits per heavy atom. The highest BCUT2D eigenvalue weighted by Crippen LogP contribution is 2.25. The van der Waals surface area contributed by atoms with Crippen molar-refractivity contribution in [3.05, 3.63) is 41.5 Å². The van der Waals surface area contributed by atoms with Gasteiger partial charge in [0, 0.05) is 19.5 Å². The maximum Gasteiger partial charge on any atom is 0.219 e. The van der Waals surface area contributed by atoms with Gasteiger partial charge in [-0.3, -0.25) is 4.79 Å². The summed E-state index contributed by atoms with van der Waals surface area (Å²) in [6, 6.07) is 9.07. The fourth-order valence-corrected chi connectivity index (χ4v) is 2.86. The Labute approximate surface area is 116 Å². The van der Waals surface area contributed by atoms with Gasteiger partial charge in [-0.1, -0.05) is 30.3 Å². The molecule has 2 aliphatic rings. The number of rotatable bonds is 0. The highest BCUT2D eigenvalue weighted by atomic mass is 16.2. The zero-order valence-electron chi connectivity index (χ0n) is 12.1. The van der Waals surface area contributed by atoms with Crippen LogP contribution in [0.2, 0.25) is 0 Å². The predicted octanol–water partition coefficient (Wildman–Crippen LogP) is 3.66. The summed E-state index contributed by atoms with van der Waals surface area (Å²) in [4.78, 5) is 12.7. The number of benzene rings is 1. The Hall–Kier alpha value is -1.57. The van der Waals surface area contributed by atoms with Gasteiger partial charge >= 0.3 is 0 Å². The fraction of sp³-hybridized carbons (Fsp3) is 0.471. The van der Waals surface area contributed by atoms with Crippen molar-refractivity contribution in [3.63, 3.8) is 0 Å². The maximum atomic E-state index is 10.8. The lowest BCUT2D eigenvalue weighted by molar-refractivity contribution is -0.129. The topological polar surface area (TPSA) is 20.3 Å². The fourth-order valence-electron chi connectivity index (χ4n) is 2.86. The Morgan fingerprint density at radius 3 is 2.58 bits per heavy atom. The first-order valence-electron chi connectivity index (χ1n) is 7.12. The van der Waals surface area contributed by atoms with E-state index in [9.17, 15) is 4.79 Å². The van der Waals surface area contributed by atoms with E-state index in [-0.39, 0.29) is 5.91 Å². The summed E-state index contributed by atoms with van der Waals surface area (Å²) in [6.45, 7) is 6.89. The summed E-state index contributed by atoms with van der Waals surface area (Å²) in [6.07, 6.45) is 5.77. The van der Waals surface area contributed by atoms with Gasteiger partial charge in [0.05, 0.1) is 0 Å². The van der Waals surface area contributed by atoms with Crippen molar-refractivity contribution in [3.8, 4) is 0 Å². The second-order valence-electron chi connectivity index (χ2n) is 5.45. The molecule has 1 saturated heterocycles. The van der Waals surface area contributed by atoms with Gasteiger partial charge < -0.3 is 4.90 Å². The lowest BCUT2D eigenvalue weighted by atomic mass is 10.1. The van der Waals surface area contributed by atoms with Gasteiger partial charge in [0.25, 0.3) is 0 Å². The van der Waals surface area contributed by atoms with Crippen molar-refractivity contribution in [1.82, 2.24) is 4.90 Å². The van der Waals surface area contributed by atoms with Crippen LogP contribution < -0.4 is 0 Å². The number of carbonyl (C=O) groups excluding carboxylic acids is 1. The summed E-state index contributed by atoms with van der Waals surface area (Å²) in [5, 5.41) is 0. The summed E-state index contributed by atoms with van der Waals surface area (Å²) in [5.41, 5.74) is 4.33. The lowest BCUT2D eigenvalue weighted by Crippen LogP contribution is -2.31. The van der Waals surface area contributed by atoms with E-state index in [1.807, 2.05) is 4.90 Å². The van der Waals surface area contributed by atoms with Gasteiger partial charge in [-0.25, -0.2) is 0 Å². The molecule has 0 unspecified atom stereocenters. The smallest absolute Gasteiger partial charge is 0.219 e. The van der Waals surface area contributed by atoms with Crippen molar-refractivity contribution in [1.29, 1.82) is 0 Å². The molecule has 0 spiro atoms. The average molecular weight is 257 g/mol. The molecule has 1 amide bonds. The molecule has 2 heteroatoms. The van der Waals surface area contributed by atoms with Crippen molar-refractivity contribution in [2.24, 2.45) is 0 Å². The predicted molar refractivity (Wildman–Crippen MR) is 79.9 cm³/mol. The second kappa shape index (κ2) is 6.05. The molecular formula is C17H23NO. The molecule has 1 aliphatic carbocycles. The van der Waals surface area contributed by atoms with Crippen molar-refractivity contribution < 1.29 is 4.79 Å². The first-order valence-corrected chi connectivity index (χ1v) is 7.12. The number of amides is 1. The molecule has 3 rings (SSSR count). The molecule has 1 aromatic rings. The Balaban J connectivity index is 0.000000141. The van der Waals surface area contributed by atoms with Gasteiger partial charge in [0.15, 0.2) is 0 Å². The van der Waals surface area contributed by atoms with E-state index < -0.39 is 0 Å². The van der Waals surface area contributed by atoms with E-state index in [4.69, 9.17) is 0 Å². The van der Waals surface area contributed by atoms with Crippen LogP contribution in [0.15, 0.2) is 30.3 Å². The van der Waals surface area contributed by atoms with Crippen LogP contribution >= 0.6 is 0 Å². The molecule has 1 aromatic carbocycles. The summed E-state index contributed by atoms with van der Waals surface area (Å²) in [7, 11) is 0. The quantitative estimate of drug-likeness (QED) is 0.694. The minimum Gasteiger partial charge on any atom is -0.340 e. The molecule has 0 aromatic heterocycles. The number of carbonyl (C=O) groups is 1. The van der Waals surface area contributed by atoms with Gasteiger partial charge in [-0.2, -0.15) is 0 Å². The van der Waals surface area contributed by atoms with Gasteiger partial charge in [-0.05, 0) is 49.8 Å². The molecule has 2 nitrogen and oxygen atoms in total. The highest BCUT2D eigenvalue weighted by molar-refractivity contribution is 5.73. The average Bonchev–Trinajstić information content (AvgIpc) is 2.98. The molecule has 0 saturated carbocycles. The highest BCUT2D eigenvalue weighted by Gasteiger charge is 2.21. The zero-order chi connectivity index (χ0) is 13.8. The second-order valence-corrected chi connectivity index (χ2v) is 5.45. The number of fused-ring (bicyclic) bond motifs is 1. The summed E-state index contributed by atoms with van der Waals surface area (Å²) in [5.74, 6) is 0.222. The third kappa shape index (κ3) is 3.25. The van der Waals surface area contributed by atoms with E-state index in [1.54, 1.807) is 6.92 Å². The van der Waals surface area contributed by atoms with E-state index in [2.05, 4.69) is 44.2 Å². The molecule has 1 aliphatic heterocycles. The SMILES string of the molecule is CC(=O)N1CCC[C@H]1C.CC1=CCc2ccccc21. The molecule has 0 N–H and O–H groups in total. The third-order valence-electron chi connectivity index (χ3n) is 4.03. The van der Waals surface area contributed by atoms with Crippen LogP contribution in [0.1, 0.15) is 44.7 Å². The summed E-state index contributed by atoms with van der Waals surface area (Å²) < 4.78 is 0. The first kappa shape index (κ1) is 13.9. The number of allylic oxidation sites excluding steroid dienone is 2. The van der Waals surface area contributed by atoms with Gasteiger partial charge in [0.1, 0.15) is 0 Å². The van der Waals surface area contributed by atoms with Gasteiger partial charge in [-0.15, -0.1) is 0 Å². The van der Waals surface area contributed by atoms with Crippen molar-refractivity contribution in [2.45, 2.75) is 46.1 Å². The molecule has 102 valence electrons. The Morgan fingerprint density at radius 1 is 1.32 bits per heavy atom. The third-order valence-corrected chi connectivity index (χ3v) is 4.03. The molecule has 1 atom stereocenters. The molecular weight excluding hydrogens is 234 g/mol.